The van der Waals surface area contributed by atoms with Crippen molar-refractivity contribution in [3.8, 4) is 11.8 Å². The fourth-order valence-corrected chi connectivity index (χ4v) is 4.30. The molecule has 8 nitrogen and oxygen atoms in total. The number of nitriles is 1. The van der Waals surface area contributed by atoms with Gasteiger partial charge in [-0.25, -0.2) is 0 Å². The number of allylic oxidation sites excluding steroid dienone is 2. The van der Waals surface area contributed by atoms with Gasteiger partial charge in [0.15, 0.2) is 11.2 Å². The molecule has 0 spiro atoms. The zero-order valence-electron chi connectivity index (χ0n) is 17.0. The number of rotatable bonds is 6. The molecule has 3 rings (SSSR count). The van der Waals surface area contributed by atoms with Crippen molar-refractivity contribution in [1.29, 1.82) is 5.26 Å². The van der Waals surface area contributed by atoms with Gasteiger partial charge in [-0.05, 0) is 31.5 Å². The molecule has 1 amide bonds. The lowest BCUT2D eigenvalue weighted by Gasteiger charge is -2.32. The molecule has 2 aliphatic rings. The molecular formula is C22H23N3O5. The lowest BCUT2D eigenvalue weighted by atomic mass is 9.68. The molecule has 2 heterocycles. The third-order valence-electron chi connectivity index (χ3n) is 5.61. The normalized spacial score (nSPS) is 26.9. The first-order valence-electron chi connectivity index (χ1n) is 9.51. The minimum atomic E-state index is -1.75. The van der Waals surface area contributed by atoms with Gasteiger partial charge in [0.1, 0.15) is 11.8 Å². The highest BCUT2D eigenvalue weighted by Crippen LogP contribution is 2.54. The molecule has 1 fully saturated rings. The SMILES string of the molecule is CCOC(=O)[C@]1(C#N)[C@H](c2cccc(OC)c2)[C@H](C(N)=O)N2C=C(C(C)=O)C=C[C@H]21. The maximum absolute atomic E-state index is 13.2. The Morgan fingerprint density at radius 1 is 1.33 bits per heavy atom. The summed E-state index contributed by atoms with van der Waals surface area (Å²) in [7, 11) is 1.50. The second-order valence-corrected chi connectivity index (χ2v) is 7.19. The van der Waals surface area contributed by atoms with Gasteiger partial charge in [-0.1, -0.05) is 24.3 Å². The first-order valence-corrected chi connectivity index (χ1v) is 9.51. The lowest BCUT2D eigenvalue weighted by molar-refractivity contribution is -0.153. The zero-order valence-corrected chi connectivity index (χ0v) is 17.0. The van der Waals surface area contributed by atoms with Crippen molar-refractivity contribution < 1.29 is 23.9 Å². The molecule has 4 atom stereocenters. The quantitative estimate of drug-likeness (QED) is 0.705. The smallest absolute Gasteiger partial charge is 0.329 e. The summed E-state index contributed by atoms with van der Waals surface area (Å²) in [5, 5.41) is 10.3. The molecular weight excluding hydrogens is 386 g/mol. The predicted molar refractivity (Wildman–Crippen MR) is 107 cm³/mol. The summed E-state index contributed by atoms with van der Waals surface area (Å²) < 4.78 is 10.6. The summed E-state index contributed by atoms with van der Waals surface area (Å²) in [5.41, 5.74) is 4.89. The third-order valence-corrected chi connectivity index (χ3v) is 5.61. The number of carbonyl (C=O) groups excluding carboxylic acids is 3. The summed E-state index contributed by atoms with van der Waals surface area (Å²) in [6.45, 7) is 3.11. The van der Waals surface area contributed by atoms with Crippen LogP contribution < -0.4 is 10.5 Å². The van der Waals surface area contributed by atoms with E-state index >= 15 is 0 Å². The van der Waals surface area contributed by atoms with Crippen LogP contribution in [0.3, 0.4) is 0 Å². The molecule has 2 aliphatic heterocycles. The number of nitrogens with two attached hydrogens (primary N) is 1. The minimum absolute atomic E-state index is 0.0688. The number of ketones is 1. The highest BCUT2D eigenvalue weighted by atomic mass is 16.5. The van der Waals surface area contributed by atoms with Crippen LogP contribution in [0.2, 0.25) is 0 Å². The Hall–Kier alpha value is -3.60. The Labute approximate surface area is 174 Å². The maximum Gasteiger partial charge on any atom is 0.329 e. The van der Waals surface area contributed by atoms with Crippen molar-refractivity contribution in [3.05, 3.63) is 53.8 Å². The van der Waals surface area contributed by atoms with Crippen LogP contribution >= 0.6 is 0 Å². The van der Waals surface area contributed by atoms with Gasteiger partial charge in [0, 0.05) is 17.7 Å². The predicted octanol–water partition coefficient (Wildman–Crippen LogP) is 1.43. The fourth-order valence-electron chi connectivity index (χ4n) is 4.30. The van der Waals surface area contributed by atoms with E-state index in [1.165, 1.54) is 25.1 Å². The highest BCUT2D eigenvalue weighted by Gasteiger charge is 2.66. The highest BCUT2D eigenvalue weighted by molar-refractivity contribution is 5.97. The van der Waals surface area contributed by atoms with Crippen molar-refractivity contribution in [1.82, 2.24) is 4.90 Å². The Morgan fingerprint density at radius 2 is 2.07 bits per heavy atom. The van der Waals surface area contributed by atoms with Gasteiger partial charge in [0.25, 0.3) is 0 Å². The molecule has 0 bridgehead atoms. The van der Waals surface area contributed by atoms with Gasteiger partial charge in [0.05, 0.1) is 25.8 Å². The number of benzene rings is 1. The van der Waals surface area contributed by atoms with E-state index in [9.17, 15) is 19.6 Å². The van der Waals surface area contributed by atoms with Crippen LogP contribution in [0.25, 0.3) is 0 Å². The molecule has 1 saturated heterocycles. The molecule has 0 radical (unpaired) electrons. The van der Waals surface area contributed by atoms with Gasteiger partial charge in [-0.3, -0.25) is 14.4 Å². The topological polar surface area (TPSA) is 123 Å². The molecule has 156 valence electrons. The number of hydrogen-bond donors (Lipinski definition) is 1. The van der Waals surface area contributed by atoms with Gasteiger partial charge >= 0.3 is 5.97 Å². The first-order chi connectivity index (χ1) is 14.3. The van der Waals surface area contributed by atoms with Crippen LogP contribution in [0, 0.1) is 16.7 Å². The summed E-state index contributed by atoms with van der Waals surface area (Å²) in [6.07, 6.45) is 4.64. The molecule has 8 heteroatoms. The number of hydrogen-bond acceptors (Lipinski definition) is 7. The Balaban J connectivity index is 2.30. The van der Waals surface area contributed by atoms with Crippen molar-refractivity contribution >= 4 is 17.7 Å². The summed E-state index contributed by atoms with van der Waals surface area (Å²) in [6, 6.07) is 7.08. The molecule has 30 heavy (non-hydrogen) atoms. The summed E-state index contributed by atoms with van der Waals surface area (Å²) in [4.78, 5) is 39.3. The molecule has 0 aromatic heterocycles. The Morgan fingerprint density at radius 3 is 2.63 bits per heavy atom. The number of amides is 1. The van der Waals surface area contributed by atoms with Gasteiger partial charge < -0.3 is 20.1 Å². The van der Waals surface area contributed by atoms with E-state index in [0.717, 1.165) is 0 Å². The van der Waals surface area contributed by atoms with E-state index in [2.05, 4.69) is 6.07 Å². The molecule has 1 aromatic rings. The van der Waals surface area contributed by atoms with Crippen LogP contribution in [0.15, 0.2) is 48.2 Å². The van der Waals surface area contributed by atoms with Crippen LogP contribution in [-0.2, 0) is 19.1 Å². The van der Waals surface area contributed by atoms with E-state index in [4.69, 9.17) is 15.2 Å². The zero-order chi connectivity index (χ0) is 22.1. The van der Waals surface area contributed by atoms with E-state index in [1.54, 1.807) is 43.3 Å². The van der Waals surface area contributed by atoms with Crippen LogP contribution in [0.1, 0.15) is 25.3 Å². The third kappa shape index (κ3) is 3.12. The maximum atomic E-state index is 13.2. The number of fused-ring (bicyclic) bond motifs is 1. The molecule has 0 unspecified atom stereocenters. The fraction of sp³-hybridized carbons (Fsp3) is 0.364. The van der Waals surface area contributed by atoms with Gasteiger partial charge in [0.2, 0.25) is 5.91 Å². The summed E-state index contributed by atoms with van der Waals surface area (Å²) >= 11 is 0. The average Bonchev–Trinajstić information content (AvgIpc) is 3.04. The Bertz CT molecular complexity index is 993. The lowest BCUT2D eigenvalue weighted by Crippen LogP contribution is -2.45. The number of methoxy groups -OCH3 is 1. The van der Waals surface area contributed by atoms with Crippen molar-refractivity contribution in [2.75, 3.05) is 13.7 Å². The number of esters is 1. The van der Waals surface area contributed by atoms with E-state index in [1.807, 2.05) is 0 Å². The average molecular weight is 409 g/mol. The molecule has 1 aromatic carbocycles. The number of primary amides is 1. The molecule has 2 N–H and O–H groups in total. The number of Topliss-reactive ketones (excluding diaryl/α,β-unsaturated/α-hetero) is 1. The van der Waals surface area contributed by atoms with E-state index in [0.29, 0.717) is 16.9 Å². The Kier molecular flexibility index (Phi) is 5.65. The first kappa shape index (κ1) is 21.1. The minimum Gasteiger partial charge on any atom is -0.497 e. The van der Waals surface area contributed by atoms with Crippen LogP contribution in [0.4, 0.5) is 0 Å². The van der Waals surface area contributed by atoms with Crippen molar-refractivity contribution in [3.63, 3.8) is 0 Å². The second kappa shape index (κ2) is 8.03. The van der Waals surface area contributed by atoms with Crippen LogP contribution in [-0.4, -0.2) is 48.4 Å². The van der Waals surface area contributed by atoms with Gasteiger partial charge in [-0.15, -0.1) is 0 Å². The molecule has 0 saturated carbocycles. The van der Waals surface area contributed by atoms with E-state index < -0.39 is 35.3 Å². The number of ether oxygens (including phenoxy) is 2. The largest absolute Gasteiger partial charge is 0.497 e. The number of carbonyl (C=O) groups is 3. The van der Waals surface area contributed by atoms with Crippen molar-refractivity contribution in [2.45, 2.75) is 31.8 Å². The number of nitrogens with zero attached hydrogens (tertiary/aromatic N) is 2. The van der Waals surface area contributed by atoms with Crippen LogP contribution in [0.5, 0.6) is 5.75 Å². The molecule has 0 aliphatic carbocycles. The monoisotopic (exact) mass is 409 g/mol. The van der Waals surface area contributed by atoms with Gasteiger partial charge in [-0.2, -0.15) is 5.26 Å². The standard InChI is InChI=1S/C22H23N3O5/c1-4-30-21(28)22(12-23)17-9-8-15(13(2)26)11-25(17)19(20(24)27)18(22)14-6-5-7-16(10-14)29-3/h5-11,17-19H,4H2,1-3H3,(H2,24,27)/t17-,18+,19+,22-/m0/s1. The summed E-state index contributed by atoms with van der Waals surface area (Å²) in [5.74, 6) is -2.11. The van der Waals surface area contributed by atoms with E-state index in [-0.39, 0.29) is 12.4 Å². The second-order valence-electron chi connectivity index (χ2n) is 7.19. The van der Waals surface area contributed by atoms with Crippen molar-refractivity contribution in [2.24, 2.45) is 11.1 Å².